The van der Waals surface area contributed by atoms with E-state index in [0.717, 1.165) is 0 Å². The van der Waals surface area contributed by atoms with E-state index in [0.29, 0.717) is 33.8 Å². The van der Waals surface area contributed by atoms with Crippen molar-refractivity contribution in [1.82, 2.24) is 4.98 Å². The summed E-state index contributed by atoms with van der Waals surface area (Å²) in [5, 5.41) is 26.5. The average molecular weight is 446 g/mol. The number of carbonyl (C=O) groups excluding carboxylic acids is 2. The summed E-state index contributed by atoms with van der Waals surface area (Å²) in [6.45, 7) is 0. The molecule has 2 N–H and O–H groups in total. The van der Waals surface area contributed by atoms with E-state index in [1.54, 1.807) is 42.5 Å². The molecule has 9 heteroatoms. The summed E-state index contributed by atoms with van der Waals surface area (Å²) >= 11 is 0. The molecule has 3 aromatic carbocycles. The predicted octanol–water partition coefficient (Wildman–Crippen LogP) is 0.910. The van der Waals surface area contributed by atoms with E-state index in [1.165, 1.54) is 18.3 Å². The molecule has 0 aliphatic rings. The summed E-state index contributed by atoms with van der Waals surface area (Å²) in [4.78, 5) is 27.5. The number of aromatic carboxylic acids is 1. The van der Waals surface area contributed by atoms with Gasteiger partial charge in [0.15, 0.2) is 0 Å². The van der Waals surface area contributed by atoms with Crippen molar-refractivity contribution < 1.29 is 49.0 Å². The molecule has 0 bridgehead atoms. The number of amides is 2. The Bertz CT molecular complexity index is 1350. The van der Waals surface area contributed by atoms with Gasteiger partial charge in [-0.15, -0.1) is 0 Å². The van der Waals surface area contributed by atoms with E-state index < -0.39 is 5.97 Å². The van der Waals surface area contributed by atoms with Gasteiger partial charge in [-0.25, -0.2) is 4.79 Å². The van der Waals surface area contributed by atoms with Crippen LogP contribution in [0, 0.1) is 11.3 Å². The Kier molecular flexibility index (Phi) is 7.64. The molecule has 0 aliphatic carbocycles. The molecule has 156 valence electrons. The fourth-order valence-electron chi connectivity index (χ4n) is 3.07. The number of rotatable bonds is 5. The van der Waals surface area contributed by atoms with Crippen LogP contribution in [0.1, 0.15) is 15.9 Å². The van der Waals surface area contributed by atoms with Gasteiger partial charge >= 0.3 is 35.6 Å². The number of fused-ring (bicyclic) bond motifs is 1. The quantitative estimate of drug-likeness (QED) is 0.439. The summed E-state index contributed by atoms with van der Waals surface area (Å²) in [6.07, 6.45) is 1.48. The molecule has 2 amide bonds. The van der Waals surface area contributed by atoms with Gasteiger partial charge in [0.25, 0.3) is 0 Å². The number of urea groups is 1. The summed E-state index contributed by atoms with van der Waals surface area (Å²) in [7, 11) is 0. The van der Waals surface area contributed by atoms with Crippen molar-refractivity contribution in [3.05, 3.63) is 90.1 Å². The smallest absolute Gasteiger partial charge is 0.545 e. The number of nitrogens with one attached hydrogen (secondary N) is 2. The maximum atomic E-state index is 12.1. The van der Waals surface area contributed by atoms with Crippen LogP contribution in [0.15, 0.2) is 79.0 Å². The molecule has 0 saturated carbocycles. The number of pyridine rings is 1. The van der Waals surface area contributed by atoms with Crippen LogP contribution in [0.4, 0.5) is 16.2 Å². The molecule has 1 aromatic heterocycles. The van der Waals surface area contributed by atoms with Crippen LogP contribution in [0.3, 0.4) is 0 Å². The van der Waals surface area contributed by atoms with Gasteiger partial charge in [-0.2, -0.15) is 5.26 Å². The van der Waals surface area contributed by atoms with Crippen molar-refractivity contribution in [2.75, 3.05) is 10.6 Å². The number of aromatic nitrogens is 1. The van der Waals surface area contributed by atoms with E-state index in [4.69, 9.17) is 4.74 Å². The van der Waals surface area contributed by atoms with Gasteiger partial charge in [-0.3, -0.25) is 4.98 Å². The normalized spacial score (nSPS) is 9.91. The fourth-order valence-corrected chi connectivity index (χ4v) is 3.07. The number of carboxylic acid groups (broad SMARTS) is 1. The maximum Gasteiger partial charge on any atom is 1.00 e. The number of anilines is 2. The van der Waals surface area contributed by atoms with E-state index in [9.17, 15) is 20.0 Å². The molecular formula is C24H15N4NaO4. The maximum absolute atomic E-state index is 12.1. The van der Waals surface area contributed by atoms with Crippen LogP contribution in [0.25, 0.3) is 10.9 Å². The molecule has 0 spiro atoms. The largest absolute Gasteiger partial charge is 1.00 e. The van der Waals surface area contributed by atoms with Gasteiger partial charge < -0.3 is 25.3 Å². The number of nitrogens with zero attached hydrogens (tertiary/aromatic N) is 2. The van der Waals surface area contributed by atoms with Crippen LogP contribution in [0.2, 0.25) is 0 Å². The number of hydrogen-bond acceptors (Lipinski definition) is 6. The predicted molar refractivity (Wildman–Crippen MR) is 116 cm³/mol. The average Bonchev–Trinajstić information content (AvgIpc) is 2.80. The topological polar surface area (TPSA) is 127 Å². The number of hydrogen-bond donors (Lipinski definition) is 2. The van der Waals surface area contributed by atoms with Crippen molar-refractivity contribution in [3.8, 4) is 17.6 Å². The first-order valence-electron chi connectivity index (χ1n) is 9.48. The Morgan fingerprint density at radius 1 is 0.939 bits per heavy atom. The van der Waals surface area contributed by atoms with Crippen LogP contribution >= 0.6 is 0 Å². The summed E-state index contributed by atoms with van der Waals surface area (Å²) in [5.41, 5.74) is 1.33. The summed E-state index contributed by atoms with van der Waals surface area (Å²) < 4.78 is 5.91. The van der Waals surface area contributed by atoms with Crippen molar-refractivity contribution >= 4 is 34.3 Å². The molecule has 4 aromatic rings. The number of nitriles is 1. The van der Waals surface area contributed by atoms with Crippen LogP contribution in [0.5, 0.6) is 11.5 Å². The monoisotopic (exact) mass is 446 g/mol. The minimum Gasteiger partial charge on any atom is -0.545 e. The van der Waals surface area contributed by atoms with Crippen molar-refractivity contribution in [2.45, 2.75) is 0 Å². The summed E-state index contributed by atoms with van der Waals surface area (Å²) in [6, 6.07) is 21.6. The SMILES string of the molecule is N#Cc1cc2c(Oc3ccc(NC(=O)Nc4ccccc4)cc3)ccnc2cc1C(=O)[O-].[Na+]. The zero-order chi connectivity index (χ0) is 22.5. The molecule has 0 aliphatic heterocycles. The number of carboxylic acids is 1. The Morgan fingerprint density at radius 2 is 1.61 bits per heavy atom. The van der Waals surface area contributed by atoms with Gasteiger partial charge in [0.2, 0.25) is 0 Å². The first-order valence-corrected chi connectivity index (χ1v) is 9.48. The molecule has 8 nitrogen and oxygen atoms in total. The molecule has 0 radical (unpaired) electrons. The van der Waals surface area contributed by atoms with E-state index >= 15 is 0 Å². The summed E-state index contributed by atoms with van der Waals surface area (Å²) in [5.74, 6) is -0.566. The number of ether oxygens (including phenoxy) is 1. The van der Waals surface area contributed by atoms with Gasteiger partial charge in [-0.1, -0.05) is 18.2 Å². The van der Waals surface area contributed by atoms with Gasteiger partial charge in [0.05, 0.1) is 23.1 Å². The molecule has 4 rings (SSSR count). The minimum absolute atomic E-state index is 0. The second-order valence-electron chi connectivity index (χ2n) is 6.69. The van der Waals surface area contributed by atoms with Gasteiger partial charge in [0, 0.05) is 28.5 Å². The van der Waals surface area contributed by atoms with E-state index in [2.05, 4.69) is 15.6 Å². The van der Waals surface area contributed by atoms with Gasteiger partial charge in [0.1, 0.15) is 11.5 Å². The Balaban J connectivity index is 0.00000306. The third-order valence-electron chi connectivity index (χ3n) is 4.55. The van der Waals surface area contributed by atoms with Gasteiger partial charge in [-0.05, 0) is 54.6 Å². The Morgan fingerprint density at radius 3 is 2.24 bits per heavy atom. The molecule has 1 heterocycles. The third kappa shape index (κ3) is 5.67. The molecule has 0 saturated heterocycles. The number of para-hydroxylation sites is 1. The third-order valence-corrected chi connectivity index (χ3v) is 4.55. The first-order chi connectivity index (χ1) is 15.5. The van der Waals surface area contributed by atoms with Crippen LogP contribution in [-0.4, -0.2) is 17.0 Å². The van der Waals surface area contributed by atoms with E-state index in [1.807, 2.05) is 24.3 Å². The molecule has 0 atom stereocenters. The molecule has 33 heavy (non-hydrogen) atoms. The Hall–Kier alpha value is -3.90. The van der Waals surface area contributed by atoms with E-state index in [-0.39, 0.29) is 46.7 Å². The van der Waals surface area contributed by atoms with Crippen molar-refractivity contribution in [2.24, 2.45) is 0 Å². The molecule has 0 fully saturated rings. The minimum atomic E-state index is -1.45. The molecule has 0 unspecified atom stereocenters. The standard InChI is InChI=1S/C24H16N4O4.Na/c25-14-15-12-20-21(13-19(15)23(29)30)26-11-10-22(20)32-18-8-6-17(7-9-18)28-24(31)27-16-4-2-1-3-5-16;/h1-13H,(H,29,30)(H2,27,28,31);/q;+1/p-1. The van der Waals surface area contributed by atoms with Crippen molar-refractivity contribution in [3.63, 3.8) is 0 Å². The zero-order valence-corrected chi connectivity index (χ0v) is 19.5. The van der Waals surface area contributed by atoms with Crippen molar-refractivity contribution in [1.29, 1.82) is 5.26 Å². The second kappa shape index (κ2) is 10.6. The zero-order valence-electron chi connectivity index (χ0n) is 17.5. The second-order valence-corrected chi connectivity index (χ2v) is 6.69. The van der Waals surface area contributed by atoms with Crippen LogP contribution in [-0.2, 0) is 0 Å². The number of benzene rings is 3. The fraction of sp³-hybridized carbons (Fsp3) is 0. The number of carbonyl (C=O) groups is 2. The first kappa shape index (κ1) is 23.8. The van der Waals surface area contributed by atoms with Crippen LogP contribution < -0.4 is 50.0 Å². The molecular weight excluding hydrogens is 431 g/mol. The Labute approximate surface area is 211 Å².